The lowest BCUT2D eigenvalue weighted by Gasteiger charge is -2.12. The van der Waals surface area contributed by atoms with Gasteiger partial charge < -0.3 is 15.4 Å². The Balaban J connectivity index is 1.99. The lowest BCUT2D eigenvalue weighted by molar-refractivity contribution is 0.0854. The minimum absolute atomic E-state index is 0.00365. The molecule has 0 spiro atoms. The van der Waals surface area contributed by atoms with Crippen LogP contribution in [-0.2, 0) is 4.74 Å². The number of nitrogens with one attached hydrogen (secondary N) is 2. The smallest absolute Gasteiger partial charge is 0.254 e. The highest BCUT2D eigenvalue weighted by Crippen LogP contribution is 2.15. The Bertz CT molecular complexity index is 448. The van der Waals surface area contributed by atoms with Crippen LogP contribution in [0.15, 0.2) is 12.3 Å². The molecule has 0 bridgehead atoms. The molecule has 1 amide bonds. The van der Waals surface area contributed by atoms with E-state index in [1.807, 2.05) is 6.92 Å². The van der Waals surface area contributed by atoms with E-state index in [0.29, 0.717) is 13.1 Å². The minimum atomic E-state index is -0.616. The van der Waals surface area contributed by atoms with Gasteiger partial charge in [-0.15, -0.1) is 0 Å². The summed E-state index contributed by atoms with van der Waals surface area (Å²) in [5.74, 6) is -0.948. The summed E-state index contributed by atoms with van der Waals surface area (Å²) >= 11 is 0. The van der Waals surface area contributed by atoms with E-state index in [4.69, 9.17) is 4.74 Å². The molecule has 1 saturated heterocycles. The number of amides is 1. The van der Waals surface area contributed by atoms with Gasteiger partial charge in [0.25, 0.3) is 5.91 Å². The van der Waals surface area contributed by atoms with Gasteiger partial charge in [0.15, 0.2) is 11.6 Å². The Morgan fingerprint density at radius 2 is 2.47 bits per heavy atom. The van der Waals surface area contributed by atoms with Crippen molar-refractivity contribution in [2.45, 2.75) is 25.9 Å². The van der Waals surface area contributed by atoms with Gasteiger partial charge in [0, 0.05) is 25.9 Å². The van der Waals surface area contributed by atoms with Crippen LogP contribution in [0.25, 0.3) is 0 Å². The molecule has 0 aliphatic carbocycles. The van der Waals surface area contributed by atoms with Crippen LogP contribution in [0.3, 0.4) is 0 Å². The second-order valence-corrected chi connectivity index (χ2v) is 4.40. The average Bonchev–Trinajstić information content (AvgIpc) is 2.92. The van der Waals surface area contributed by atoms with Gasteiger partial charge in [0.1, 0.15) is 0 Å². The summed E-state index contributed by atoms with van der Waals surface area (Å²) in [6, 6.07) is 1.38. The molecule has 5 nitrogen and oxygen atoms in total. The molecular weight excluding hydrogens is 249 g/mol. The maximum absolute atomic E-state index is 14.0. The fraction of sp³-hybridized carbons (Fsp3) is 0.538. The van der Waals surface area contributed by atoms with Gasteiger partial charge >= 0.3 is 0 Å². The van der Waals surface area contributed by atoms with Crippen molar-refractivity contribution in [1.29, 1.82) is 0 Å². The lowest BCUT2D eigenvalue weighted by Crippen LogP contribution is -2.32. The fourth-order valence-electron chi connectivity index (χ4n) is 2.02. The number of carbonyl (C=O) groups is 1. The van der Waals surface area contributed by atoms with Crippen LogP contribution in [-0.4, -0.2) is 36.7 Å². The molecule has 0 saturated carbocycles. The molecule has 1 aliphatic rings. The maximum Gasteiger partial charge on any atom is 0.254 e. The molecule has 2 heterocycles. The average molecular weight is 267 g/mol. The Labute approximate surface area is 111 Å². The zero-order chi connectivity index (χ0) is 13.7. The number of nitrogens with zero attached hydrogens (tertiary/aromatic N) is 1. The van der Waals surface area contributed by atoms with Crippen LogP contribution < -0.4 is 10.6 Å². The Morgan fingerprint density at radius 1 is 1.63 bits per heavy atom. The first-order valence-corrected chi connectivity index (χ1v) is 6.50. The quantitative estimate of drug-likeness (QED) is 0.850. The molecule has 0 aromatic carbocycles. The van der Waals surface area contributed by atoms with Crippen LogP contribution in [0.5, 0.6) is 0 Å². The van der Waals surface area contributed by atoms with Crippen molar-refractivity contribution in [3.8, 4) is 0 Å². The summed E-state index contributed by atoms with van der Waals surface area (Å²) in [7, 11) is 0. The van der Waals surface area contributed by atoms with E-state index < -0.39 is 11.7 Å². The number of halogens is 1. The van der Waals surface area contributed by atoms with Gasteiger partial charge in [-0.3, -0.25) is 4.79 Å². The number of hydrogen-bond acceptors (Lipinski definition) is 4. The van der Waals surface area contributed by atoms with E-state index in [1.54, 1.807) is 0 Å². The van der Waals surface area contributed by atoms with E-state index in [0.717, 1.165) is 19.4 Å². The highest BCUT2D eigenvalue weighted by Gasteiger charge is 2.19. The van der Waals surface area contributed by atoms with Crippen molar-refractivity contribution >= 4 is 11.7 Å². The first kappa shape index (κ1) is 13.7. The number of anilines is 1. The van der Waals surface area contributed by atoms with Gasteiger partial charge in [-0.2, -0.15) is 0 Å². The van der Waals surface area contributed by atoms with E-state index >= 15 is 0 Å². The maximum atomic E-state index is 14.0. The van der Waals surface area contributed by atoms with E-state index in [9.17, 15) is 9.18 Å². The SMILES string of the molecule is CCNc1nccc(C(=O)NCC2CCCO2)c1F. The van der Waals surface area contributed by atoms with Crippen LogP contribution in [0.1, 0.15) is 30.1 Å². The first-order chi connectivity index (χ1) is 9.22. The summed E-state index contributed by atoms with van der Waals surface area (Å²) in [4.78, 5) is 15.8. The van der Waals surface area contributed by atoms with Gasteiger partial charge in [-0.25, -0.2) is 9.37 Å². The highest BCUT2D eigenvalue weighted by molar-refractivity contribution is 5.95. The number of pyridine rings is 1. The third kappa shape index (κ3) is 3.41. The van der Waals surface area contributed by atoms with Gasteiger partial charge in [0.2, 0.25) is 0 Å². The van der Waals surface area contributed by atoms with Gasteiger partial charge in [-0.1, -0.05) is 0 Å². The molecule has 1 aromatic heterocycles. The van der Waals surface area contributed by atoms with Crippen LogP contribution >= 0.6 is 0 Å². The number of carbonyl (C=O) groups excluding carboxylic acids is 1. The summed E-state index contributed by atoms with van der Waals surface area (Å²) in [6.45, 7) is 3.53. The molecular formula is C13H18FN3O2. The molecule has 1 aliphatic heterocycles. The van der Waals surface area contributed by atoms with Crippen molar-refractivity contribution in [3.05, 3.63) is 23.6 Å². The molecule has 2 N–H and O–H groups in total. The highest BCUT2D eigenvalue weighted by atomic mass is 19.1. The Morgan fingerprint density at radius 3 is 3.16 bits per heavy atom. The lowest BCUT2D eigenvalue weighted by atomic mass is 10.2. The summed E-state index contributed by atoms with van der Waals surface area (Å²) < 4.78 is 19.4. The predicted molar refractivity (Wildman–Crippen MR) is 69.7 cm³/mol. The molecule has 6 heteroatoms. The molecule has 1 aromatic rings. The monoisotopic (exact) mass is 267 g/mol. The largest absolute Gasteiger partial charge is 0.376 e. The molecule has 2 rings (SSSR count). The topological polar surface area (TPSA) is 63.2 Å². The Kier molecular flexibility index (Phi) is 4.68. The minimum Gasteiger partial charge on any atom is -0.376 e. The summed E-state index contributed by atoms with van der Waals surface area (Å²) in [5.41, 5.74) is 0.00365. The Hall–Kier alpha value is -1.69. The molecule has 1 atom stereocenters. The van der Waals surface area contributed by atoms with Gasteiger partial charge in [-0.05, 0) is 25.8 Å². The van der Waals surface area contributed by atoms with Gasteiger partial charge in [0.05, 0.1) is 11.7 Å². The normalized spacial score (nSPS) is 18.3. The van der Waals surface area contributed by atoms with Crippen molar-refractivity contribution in [1.82, 2.24) is 10.3 Å². The number of rotatable bonds is 5. The van der Waals surface area contributed by atoms with E-state index in [1.165, 1.54) is 12.3 Å². The predicted octanol–water partition coefficient (Wildman–Crippen LogP) is 1.56. The van der Waals surface area contributed by atoms with E-state index in [2.05, 4.69) is 15.6 Å². The molecule has 19 heavy (non-hydrogen) atoms. The molecule has 0 radical (unpaired) electrons. The van der Waals surface area contributed by atoms with Crippen LogP contribution in [0, 0.1) is 5.82 Å². The molecule has 1 unspecified atom stereocenters. The van der Waals surface area contributed by atoms with Crippen molar-refractivity contribution in [2.75, 3.05) is 25.0 Å². The second kappa shape index (κ2) is 6.47. The van der Waals surface area contributed by atoms with E-state index in [-0.39, 0.29) is 17.5 Å². The number of aromatic nitrogens is 1. The summed E-state index contributed by atoms with van der Waals surface area (Å²) in [5, 5.41) is 5.47. The second-order valence-electron chi connectivity index (χ2n) is 4.40. The molecule has 104 valence electrons. The third-order valence-electron chi connectivity index (χ3n) is 2.99. The number of hydrogen-bond donors (Lipinski definition) is 2. The van der Waals surface area contributed by atoms with Crippen LogP contribution in [0.2, 0.25) is 0 Å². The zero-order valence-corrected chi connectivity index (χ0v) is 10.9. The first-order valence-electron chi connectivity index (χ1n) is 6.50. The fourth-order valence-corrected chi connectivity index (χ4v) is 2.02. The summed E-state index contributed by atoms with van der Waals surface area (Å²) in [6.07, 6.45) is 3.40. The van der Waals surface area contributed by atoms with Crippen LogP contribution in [0.4, 0.5) is 10.2 Å². The molecule has 1 fully saturated rings. The van der Waals surface area contributed by atoms with Crippen molar-refractivity contribution in [3.63, 3.8) is 0 Å². The standard InChI is InChI=1S/C13H18FN3O2/c1-2-15-12-11(14)10(5-6-16-12)13(18)17-8-9-4-3-7-19-9/h5-6,9H,2-4,7-8H2,1H3,(H,15,16)(H,17,18). The number of ether oxygens (including phenoxy) is 1. The van der Waals surface area contributed by atoms with Crippen molar-refractivity contribution in [2.24, 2.45) is 0 Å². The zero-order valence-electron chi connectivity index (χ0n) is 10.9. The van der Waals surface area contributed by atoms with Crippen molar-refractivity contribution < 1.29 is 13.9 Å². The third-order valence-corrected chi connectivity index (χ3v) is 2.99.